The zero-order valence-electron chi connectivity index (χ0n) is 17.6. The highest BCUT2D eigenvalue weighted by Gasteiger charge is 2.23. The molecule has 1 atom stereocenters. The molecule has 1 aliphatic carbocycles. The third-order valence-electron chi connectivity index (χ3n) is 6.54. The number of thiophene rings is 1. The predicted molar refractivity (Wildman–Crippen MR) is 118 cm³/mol. The van der Waals surface area contributed by atoms with Crippen molar-refractivity contribution in [1.82, 2.24) is 14.1 Å². The number of ketones is 1. The largest absolute Gasteiger partial charge is 0.376 e. The van der Waals surface area contributed by atoms with Crippen molar-refractivity contribution in [2.75, 3.05) is 6.61 Å². The third kappa shape index (κ3) is 3.34. The lowest BCUT2D eigenvalue weighted by atomic mass is 9.97. The number of carbonyl (C=O) groups excluding carboxylic acids is 1. The summed E-state index contributed by atoms with van der Waals surface area (Å²) in [6, 6.07) is 1.94. The Morgan fingerprint density at radius 1 is 1.27 bits per heavy atom. The van der Waals surface area contributed by atoms with Crippen LogP contribution in [0.5, 0.6) is 0 Å². The van der Waals surface area contributed by atoms with Crippen LogP contribution in [0.3, 0.4) is 0 Å². The van der Waals surface area contributed by atoms with Gasteiger partial charge in [0.05, 0.1) is 24.4 Å². The minimum Gasteiger partial charge on any atom is -0.376 e. The van der Waals surface area contributed by atoms with Crippen molar-refractivity contribution in [3.05, 3.63) is 50.1 Å². The molecule has 1 fully saturated rings. The van der Waals surface area contributed by atoms with Gasteiger partial charge in [0, 0.05) is 35.0 Å². The van der Waals surface area contributed by atoms with Crippen molar-refractivity contribution in [2.24, 2.45) is 0 Å². The first-order valence-corrected chi connectivity index (χ1v) is 11.7. The van der Waals surface area contributed by atoms with Gasteiger partial charge in [-0.1, -0.05) is 0 Å². The number of aromatic nitrogens is 3. The number of hydrogen-bond donors (Lipinski definition) is 0. The molecule has 7 heteroatoms. The fourth-order valence-corrected chi connectivity index (χ4v) is 6.11. The Labute approximate surface area is 179 Å². The maximum atomic E-state index is 13.2. The summed E-state index contributed by atoms with van der Waals surface area (Å²) in [5.41, 5.74) is 3.77. The Bertz CT molecular complexity index is 1180. The predicted octanol–water partition coefficient (Wildman–Crippen LogP) is 3.82. The first-order chi connectivity index (χ1) is 14.5. The van der Waals surface area contributed by atoms with E-state index < -0.39 is 0 Å². The summed E-state index contributed by atoms with van der Waals surface area (Å²) < 4.78 is 9.42. The van der Waals surface area contributed by atoms with E-state index in [-0.39, 0.29) is 24.0 Å². The molecule has 0 N–H and O–H groups in total. The first kappa shape index (κ1) is 19.7. The van der Waals surface area contributed by atoms with Gasteiger partial charge in [0.2, 0.25) is 0 Å². The molecule has 1 saturated heterocycles. The zero-order valence-corrected chi connectivity index (χ0v) is 18.4. The molecule has 0 radical (unpaired) electrons. The summed E-state index contributed by atoms with van der Waals surface area (Å²) in [6.07, 6.45) is 8.18. The average molecular weight is 426 g/mol. The number of ether oxygens (including phenoxy) is 1. The summed E-state index contributed by atoms with van der Waals surface area (Å²) >= 11 is 1.64. The van der Waals surface area contributed by atoms with E-state index in [2.05, 4.69) is 9.55 Å². The monoisotopic (exact) mass is 425 g/mol. The molecule has 3 aromatic rings. The highest BCUT2D eigenvalue weighted by molar-refractivity contribution is 7.18. The first-order valence-electron chi connectivity index (χ1n) is 10.8. The molecular formula is C23H27N3O3S. The molecule has 1 aliphatic heterocycles. The molecule has 0 bridgehead atoms. The van der Waals surface area contributed by atoms with Gasteiger partial charge >= 0.3 is 0 Å². The van der Waals surface area contributed by atoms with Crippen LogP contribution >= 0.6 is 11.3 Å². The normalized spacial score (nSPS) is 18.8. The van der Waals surface area contributed by atoms with Gasteiger partial charge in [-0.2, -0.15) is 0 Å². The highest BCUT2D eigenvalue weighted by Crippen LogP contribution is 2.33. The van der Waals surface area contributed by atoms with Crippen LogP contribution in [0.4, 0.5) is 0 Å². The Balaban J connectivity index is 1.43. The summed E-state index contributed by atoms with van der Waals surface area (Å²) in [5, 5.41) is 0.730. The molecule has 3 aromatic heterocycles. The van der Waals surface area contributed by atoms with Crippen LogP contribution in [0.2, 0.25) is 0 Å². The summed E-state index contributed by atoms with van der Waals surface area (Å²) in [7, 11) is 0. The molecule has 4 heterocycles. The second kappa shape index (κ2) is 7.78. The molecule has 30 heavy (non-hydrogen) atoms. The molecule has 5 rings (SSSR count). The molecule has 2 aliphatic rings. The molecule has 0 unspecified atom stereocenters. The Kier molecular flexibility index (Phi) is 5.11. The van der Waals surface area contributed by atoms with E-state index in [1.54, 1.807) is 11.3 Å². The average Bonchev–Trinajstić information content (AvgIpc) is 3.44. The fraction of sp³-hybridized carbons (Fsp3) is 0.522. The Hall–Kier alpha value is -2.25. The molecule has 0 amide bonds. The van der Waals surface area contributed by atoms with Crippen molar-refractivity contribution >= 4 is 27.3 Å². The lowest BCUT2D eigenvalue weighted by Gasteiger charge is -2.15. The van der Waals surface area contributed by atoms with Gasteiger partial charge in [0.25, 0.3) is 5.56 Å². The van der Waals surface area contributed by atoms with Crippen molar-refractivity contribution < 1.29 is 9.53 Å². The van der Waals surface area contributed by atoms with Crippen LogP contribution in [-0.4, -0.2) is 32.6 Å². The second-order valence-electron chi connectivity index (χ2n) is 8.52. The summed E-state index contributed by atoms with van der Waals surface area (Å²) in [5.74, 6) is -0.0472. The zero-order chi connectivity index (χ0) is 20.8. The van der Waals surface area contributed by atoms with Gasteiger partial charge in [0.15, 0.2) is 5.78 Å². The van der Waals surface area contributed by atoms with Crippen LogP contribution in [0.15, 0.2) is 17.2 Å². The number of rotatable bonds is 5. The van der Waals surface area contributed by atoms with Crippen LogP contribution in [0, 0.1) is 13.8 Å². The van der Waals surface area contributed by atoms with E-state index in [1.165, 1.54) is 22.2 Å². The van der Waals surface area contributed by atoms with Gasteiger partial charge in [-0.3, -0.25) is 14.2 Å². The topological polar surface area (TPSA) is 66.1 Å². The minimum atomic E-state index is -0.0825. The molecule has 6 nitrogen and oxygen atoms in total. The van der Waals surface area contributed by atoms with Crippen LogP contribution < -0.4 is 5.56 Å². The fourth-order valence-electron chi connectivity index (χ4n) is 4.89. The van der Waals surface area contributed by atoms with E-state index in [9.17, 15) is 9.59 Å². The van der Waals surface area contributed by atoms with Crippen LogP contribution in [0.25, 0.3) is 10.2 Å². The quantitative estimate of drug-likeness (QED) is 0.583. The maximum absolute atomic E-state index is 13.2. The molecule has 0 aromatic carbocycles. The van der Waals surface area contributed by atoms with E-state index in [0.29, 0.717) is 5.56 Å². The SMILES string of the molecule is Cc1cc(C(=O)Cn2cnc3sc4c(c3c2=O)CCCC4)c(C)n1C[C@@H]1CCCO1. The molecule has 0 saturated carbocycles. The van der Waals surface area contributed by atoms with Crippen molar-refractivity contribution in [3.63, 3.8) is 0 Å². The molecule has 0 spiro atoms. The Morgan fingerprint density at radius 3 is 2.90 bits per heavy atom. The molecule has 158 valence electrons. The maximum Gasteiger partial charge on any atom is 0.262 e. The van der Waals surface area contributed by atoms with Gasteiger partial charge in [-0.15, -0.1) is 11.3 Å². The van der Waals surface area contributed by atoms with Crippen molar-refractivity contribution in [3.8, 4) is 0 Å². The second-order valence-corrected chi connectivity index (χ2v) is 9.61. The number of fused-ring (bicyclic) bond motifs is 3. The third-order valence-corrected chi connectivity index (χ3v) is 7.74. The summed E-state index contributed by atoms with van der Waals surface area (Å²) in [4.78, 5) is 32.9. The Morgan fingerprint density at radius 2 is 2.10 bits per heavy atom. The van der Waals surface area contributed by atoms with E-state index >= 15 is 0 Å². The number of Topliss-reactive ketones (excluding diaryl/α,β-unsaturated/α-hetero) is 1. The molecular weight excluding hydrogens is 398 g/mol. The van der Waals surface area contributed by atoms with E-state index in [4.69, 9.17) is 4.74 Å². The van der Waals surface area contributed by atoms with Gasteiger partial charge in [-0.25, -0.2) is 4.98 Å². The summed E-state index contributed by atoms with van der Waals surface area (Å²) in [6.45, 7) is 5.63. The lowest BCUT2D eigenvalue weighted by molar-refractivity contribution is 0.0948. The van der Waals surface area contributed by atoms with E-state index in [0.717, 1.165) is 72.4 Å². The number of hydrogen-bond acceptors (Lipinski definition) is 5. The van der Waals surface area contributed by atoms with Crippen molar-refractivity contribution in [2.45, 2.75) is 71.6 Å². The highest BCUT2D eigenvalue weighted by atomic mass is 32.1. The number of nitrogens with zero attached hydrogens (tertiary/aromatic N) is 3. The van der Waals surface area contributed by atoms with Gasteiger partial charge < -0.3 is 9.30 Å². The lowest BCUT2D eigenvalue weighted by Crippen LogP contribution is -2.25. The minimum absolute atomic E-state index is 0.0244. The number of carbonyl (C=O) groups is 1. The van der Waals surface area contributed by atoms with Gasteiger partial charge in [-0.05, 0) is 64.0 Å². The van der Waals surface area contributed by atoms with E-state index in [1.807, 2.05) is 19.9 Å². The smallest absolute Gasteiger partial charge is 0.262 e. The standard InChI is InChI=1S/C23H27N3O3S/c1-14-10-18(15(2)26(14)11-16-6-5-9-29-16)19(27)12-25-13-24-22-21(23(25)28)17-7-3-4-8-20(17)30-22/h10,13,16H,3-9,11-12H2,1-2H3/t16-/m0/s1. The van der Waals surface area contributed by atoms with Gasteiger partial charge in [0.1, 0.15) is 4.83 Å². The number of aryl methyl sites for hydroxylation is 3. The van der Waals surface area contributed by atoms with Crippen LogP contribution in [-0.2, 0) is 30.7 Å². The van der Waals surface area contributed by atoms with Crippen molar-refractivity contribution in [1.29, 1.82) is 0 Å². The van der Waals surface area contributed by atoms with Crippen LogP contribution in [0.1, 0.15) is 57.9 Å².